The van der Waals surface area contributed by atoms with E-state index in [1.165, 1.54) is 25.7 Å². The van der Waals surface area contributed by atoms with Crippen LogP contribution in [0.3, 0.4) is 0 Å². The van der Waals surface area contributed by atoms with Crippen molar-refractivity contribution in [3.63, 3.8) is 0 Å². The predicted molar refractivity (Wildman–Crippen MR) is 59.5 cm³/mol. The third-order valence-electron chi connectivity index (χ3n) is 3.52. The van der Waals surface area contributed by atoms with Crippen LogP contribution in [-0.2, 0) is 0 Å². The Hall–Kier alpha value is -1.12. The van der Waals surface area contributed by atoms with E-state index in [1.54, 1.807) is 12.4 Å². The molecule has 2 aliphatic rings. The third-order valence-corrected chi connectivity index (χ3v) is 3.52. The molecule has 1 aromatic heterocycles. The molecule has 2 aliphatic carbocycles. The summed E-state index contributed by atoms with van der Waals surface area (Å²) in [5, 5.41) is 3.37. The van der Waals surface area contributed by atoms with Gasteiger partial charge in [-0.3, -0.25) is 0 Å². The van der Waals surface area contributed by atoms with E-state index in [4.69, 9.17) is 0 Å². The van der Waals surface area contributed by atoms with Crippen LogP contribution < -0.4 is 5.32 Å². The fourth-order valence-electron chi connectivity index (χ4n) is 2.37. The molecule has 3 nitrogen and oxygen atoms in total. The number of nitrogens with one attached hydrogen (secondary N) is 1. The van der Waals surface area contributed by atoms with Gasteiger partial charge in [0.1, 0.15) is 0 Å². The zero-order valence-electron chi connectivity index (χ0n) is 8.89. The molecule has 2 fully saturated rings. The van der Waals surface area contributed by atoms with Crippen molar-refractivity contribution in [2.75, 3.05) is 11.9 Å². The quantitative estimate of drug-likeness (QED) is 0.798. The van der Waals surface area contributed by atoms with Gasteiger partial charge in [-0.25, -0.2) is 9.97 Å². The second kappa shape index (κ2) is 3.80. The highest BCUT2D eigenvalue weighted by Gasteiger charge is 2.41. The van der Waals surface area contributed by atoms with E-state index in [9.17, 15) is 0 Å². The molecule has 3 rings (SSSR count). The summed E-state index contributed by atoms with van der Waals surface area (Å²) in [6.45, 7) is 1.07. The molecule has 0 radical (unpaired) electrons. The molecule has 15 heavy (non-hydrogen) atoms. The molecule has 0 aliphatic heterocycles. The number of anilines is 1. The van der Waals surface area contributed by atoms with Crippen LogP contribution in [-0.4, -0.2) is 16.5 Å². The summed E-state index contributed by atoms with van der Waals surface area (Å²) in [4.78, 5) is 8.38. The predicted octanol–water partition coefficient (Wildman–Crippen LogP) is 2.32. The standard InChI is InChI=1S/C12H17N3/c1-6-13-12(14-7-1)15-8-11(9-2-3-9)10-4-5-10/h1,6-7,9-11H,2-5,8H2,(H,13,14,15). The summed E-state index contributed by atoms with van der Waals surface area (Å²) in [5.41, 5.74) is 0. The highest BCUT2D eigenvalue weighted by Crippen LogP contribution is 2.49. The molecular weight excluding hydrogens is 186 g/mol. The number of hydrogen-bond donors (Lipinski definition) is 1. The first-order valence-electron chi connectivity index (χ1n) is 5.94. The lowest BCUT2D eigenvalue weighted by atomic mass is 9.98. The zero-order chi connectivity index (χ0) is 10.1. The van der Waals surface area contributed by atoms with Gasteiger partial charge < -0.3 is 5.32 Å². The van der Waals surface area contributed by atoms with Gasteiger partial charge in [-0.05, 0) is 49.5 Å². The average Bonchev–Trinajstić information content (AvgIpc) is 3.14. The Labute approximate surface area is 90.3 Å². The van der Waals surface area contributed by atoms with Crippen LogP contribution in [0.5, 0.6) is 0 Å². The van der Waals surface area contributed by atoms with Crippen molar-refractivity contribution in [3.05, 3.63) is 18.5 Å². The normalized spacial score (nSPS) is 20.6. The average molecular weight is 203 g/mol. The second-order valence-electron chi connectivity index (χ2n) is 4.79. The van der Waals surface area contributed by atoms with Crippen molar-refractivity contribution in [1.29, 1.82) is 0 Å². The largest absolute Gasteiger partial charge is 0.354 e. The Morgan fingerprint density at radius 1 is 1.13 bits per heavy atom. The molecule has 0 unspecified atom stereocenters. The molecule has 0 amide bonds. The minimum Gasteiger partial charge on any atom is -0.354 e. The number of aromatic nitrogens is 2. The second-order valence-corrected chi connectivity index (χ2v) is 4.79. The first-order valence-corrected chi connectivity index (χ1v) is 5.94. The molecule has 1 N–H and O–H groups in total. The summed E-state index contributed by atoms with van der Waals surface area (Å²) >= 11 is 0. The molecule has 0 spiro atoms. The highest BCUT2D eigenvalue weighted by molar-refractivity contribution is 5.22. The van der Waals surface area contributed by atoms with E-state index in [1.807, 2.05) is 6.07 Å². The van der Waals surface area contributed by atoms with Gasteiger partial charge in [-0.1, -0.05) is 0 Å². The highest BCUT2D eigenvalue weighted by atomic mass is 15.1. The molecule has 3 heteroatoms. The van der Waals surface area contributed by atoms with E-state index < -0.39 is 0 Å². The molecular formula is C12H17N3. The number of hydrogen-bond acceptors (Lipinski definition) is 3. The molecule has 0 atom stereocenters. The van der Waals surface area contributed by atoms with Crippen LogP contribution in [0, 0.1) is 17.8 Å². The van der Waals surface area contributed by atoms with Gasteiger partial charge in [0.2, 0.25) is 5.95 Å². The van der Waals surface area contributed by atoms with E-state index in [-0.39, 0.29) is 0 Å². The minimum absolute atomic E-state index is 0.781. The topological polar surface area (TPSA) is 37.8 Å². The van der Waals surface area contributed by atoms with Crippen LogP contribution in [0.4, 0.5) is 5.95 Å². The van der Waals surface area contributed by atoms with E-state index >= 15 is 0 Å². The van der Waals surface area contributed by atoms with E-state index in [0.29, 0.717) is 0 Å². The fourth-order valence-corrected chi connectivity index (χ4v) is 2.37. The first kappa shape index (κ1) is 9.13. The van der Waals surface area contributed by atoms with E-state index in [2.05, 4.69) is 15.3 Å². The summed E-state index contributed by atoms with van der Waals surface area (Å²) in [5.74, 6) is 3.65. The van der Waals surface area contributed by atoms with E-state index in [0.717, 1.165) is 30.2 Å². The van der Waals surface area contributed by atoms with Crippen molar-refractivity contribution in [3.8, 4) is 0 Å². The lowest BCUT2D eigenvalue weighted by Gasteiger charge is -2.15. The summed E-state index contributed by atoms with van der Waals surface area (Å²) in [6, 6.07) is 1.85. The monoisotopic (exact) mass is 203 g/mol. The van der Waals surface area contributed by atoms with Crippen molar-refractivity contribution in [2.24, 2.45) is 17.8 Å². The number of rotatable bonds is 5. The summed E-state index contributed by atoms with van der Waals surface area (Å²) in [6.07, 6.45) is 9.35. The van der Waals surface area contributed by atoms with Crippen molar-refractivity contribution >= 4 is 5.95 Å². The molecule has 80 valence electrons. The Balaban J connectivity index is 1.55. The molecule has 0 aromatic carbocycles. The van der Waals surface area contributed by atoms with Gasteiger partial charge in [0, 0.05) is 18.9 Å². The molecule has 1 heterocycles. The van der Waals surface area contributed by atoms with Gasteiger partial charge in [-0.15, -0.1) is 0 Å². The summed E-state index contributed by atoms with van der Waals surface area (Å²) in [7, 11) is 0. The Bertz CT molecular complexity index is 305. The maximum atomic E-state index is 4.19. The number of nitrogens with zero attached hydrogens (tertiary/aromatic N) is 2. The van der Waals surface area contributed by atoms with Gasteiger partial charge in [0.15, 0.2) is 0 Å². The lowest BCUT2D eigenvalue weighted by molar-refractivity contribution is 0.427. The Morgan fingerprint density at radius 3 is 2.27 bits per heavy atom. The SMILES string of the molecule is c1cnc(NCC(C2CC2)C2CC2)nc1. The fraction of sp³-hybridized carbons (Fsp3) is 0.667. The summed E-state index contributed by atoms with van der Waals surface area (Å²) < 4.78 is 0. The first-order chi connectivity index (χ1) is 7.43. The van der Waals surface area contributed by atoms with Crippen LogP contribution in [0.25, 0.3) is 0 Å². The smallest absolute Gasteiger partial charge is 0.222 e. The van der Waals surface area contributed by atoms with Crippen molar-refractivity contribution in [1.82, 2.24) is 9.97 Å². The van der Waals surface area contributed by atoms with Crippen LogP contribution in [0.1, 0.15) is 25.7 Å². The van der Waals surface area contributed by atoms with Gasteiger partial charge in [0.05, 0.1) is 0 Å². The van der Waals surface area contributed by atoms with Crippen molar-refractivity contribution in [2.45, 2.75) is 25.7 Å². The maximum Gasteiger partial charge on any atom is 0.222 e. The van der Waals surface area contributed by atoms with Gasteiger partial charge in [0.25, 0.3) is 0 Å². The lowest BCUT2D eigenvalue weighted by Crippen LogP contribution is -2.19. The third kappa shape index (κ3) is 2.28. The zero-order valence-corrected chi connectivity index (χ0v) is 8.89. The molecule has 2 saturated carbocycles. The molecule has 1 aromatic rings. The van der Waals surface area contributed by atoms with Crippen molar-refractivity contribution < 1.29 is 0 Å². The van der Waals surface area contributed by atoms with Gasteiger partial charge in [-0.2, -0.15) is 0 Å². The molecule has 0 saturated heterocycles. The minimum atomic E-state index is 0.781. The van der Waals surface area contributed by atoms with Crippen LogP contribution in [0.2, 0.25) is 0 Å². The maximum absolute atomic E-state index is 4.19. The molecule has 0 bridgehead atoms. The van der Waals surface area contributed by atoms with Crippen LogP contribution in [0.15, 0.2) is 18.5 Å². The van der Waals surface area contributed by atoms with Gasteiger partial charge >= 0.3 is 0 Å². The van der Waals surface area contributed by atoms with Crippen LogP contribution >= 0.6 is 0 Å². The Kier molecular flexibility index (Phi) is 2.31. The Morgan fingerprint density at radius 2 is 1.73 bits per heavy atom.